The summed E-state index contributed by atoms with van der Waals surface area (Å²) < 4.78 is 0. The molecule has 0 N–H and O–H groups in total. The van der Waals surface area contributed by atoms with Crippen molar-refractivity contribution in [2.45, 2.75) is 44.9 Å². The van der Waals surface area contributed by atoms with Crippen molar-refractivity contribution in [3.8, 4) is 6.07 Å². The van der Waals surface area contributed by atoms with Gasteiger partial charge in [-0.15, -0.1) is 0 Å². The van der Waals surface area contributed by atoms with Gasteiger partial charge in [-0.1, -0.05) is 43.4 Å². The summed E-state index contributed by atoms with van der Waals surface area (Å²) in [6, 6.07) is 7.00. The van der Waals surface area contributed by atoms with Gasteiger partial charge in [0.05, 0.1) is 21.4 Å². The van der Waals surface area contributed by atoms with Crippen molar-refractivity contribution < 1.29 is 4.92 Å². The van der Waals surface area contributed by atoms with E-state index in [9.17, 15) is 15.4 Å². The van der Waals surface area contributed by atoms with Crippen molar-refractivity contribution in [3.05, 3.63) is 38.9 Å². The monoisotopic (exact) mass is 292 g/mol. The van der Waals surface area contributed by atoms with Crippen molar-refractivity contribution >= 4 is 17.3 Å². The third-order valence-electron chi connectivity index (χ3n) is 4.07. The lowest BCUT2D eigenvalue weighted by Crippen LogP contribution is -2.21. The summed E-state index contributed by atoms with van der Waals surface area (Å²) in [5.41, 5.74) is 0.461. The Morgan fingerprint density at radius 1 is 1.30 bits per heavy atom. The van der Waals surface area contributed by atoms with Crippen LogP contribution in [-0.4, -0.2) is 4.92 Å². The fraction of sp³-hybridized carbons (Fsp3) is 0.533. The maximum atomic E-state index is 10.7. The van der Waals surface area contributed by atoms with Crippen molar-refractivity contribution in [3.63, 3.8) is 0 Å². The van der Waals surface area contributed by atoms with E-state index in [1.807, 2.05) is 0 Å². The number of nitro benzene ring substituents is 1. The number of nitro groups is 1. The van der Waals surface area contributed by atoms with Gasteiger partial charge in [0.1, 0.15) is 0 Å². The SMILES string of the molecule is N#CC1(Cc2ccc([N+](=O)[O-])cc2Cl)CCCCCC1. The third kappa shape index (κ3) is 3.29. The molecule has 4 nitrogen and oxygen atoms in total. The molecule has 1 aliphatic carbocycles. The van der Waals surface area contributed by atoms with E-state index >= 15 is 0 Å². The van der Waals surface area contributed by atoms with Crippen LogP contribution in [0.1, 0.15) is 44.1 Å². The molecule has 0 bridgehead atoms. The van der Waals surface area contributed by atoms with E-state index in [2.05, 4.69) is 6.07 Å². The Balaban J connectivity index is 2.23. The van der Waals surface area contributed by atoms with Gasteiger partial charge >= 0.3 is 0 Å². The number of non-ortho nitro benzene ring substituents is 1. The van der Waals surface area contributed by atoms with Crippen LogP contribution in [0.15, 0.2) is 18.2 Å². The molecule has 0 heterocycles. The van der Waals surface area contributed by atoms with Crippen molar-refractivity contribution in [1.29, 1.82) is 5.26 Å². The van der Waals surface area contributed by atoms with Gasteiger partial charge in [-0.25, -0.2) is 0 Å². The first kappa shape index (κ1) is 14.8. The predicted molar refractivity (Wildman–Crippen MR) is 77.6 cm³/mol. The maximum Gasteiger partial charge on any atom is 0.270 e. The third-order valence-corrected chi connectivity index (χ3v) is 4.43. The van der Waals surface area contributed by atoms with Gasteiger partial charge in [0.2, 0.25) is 0 Å². The van der Waals surface area contributed by atoms with Gasteiger partial charge in [-0.3, -0.25) is 10.1 Å². The second kappa shape index (κ2) is 6.23. The molecule has 5 heteroatoms. The Bertz CT molecular complexity index is 543. The van der Waals surface area contributed by atoms with E-state index in [4.69, 9.17) is 11.6 Å². The molecule has 1 saturated carbocycles. The lowest BCUT2D eigenvalue weighted by Gasteiger charge is -2.25. The zero-order chi connectivity index (χ0) is 14.6. The van der Waals surface area contributed by atoms with Crippen LogP contribution in [0.5, 0.6) is 0 Å². The second-order valence-corrected chi connectivity index (χ2v) is 5.92. The molecule has 1 aromatic carbocycles. The first-order chi connectivity index (χ1) is 9.56. The van der Waals surface area contributed by atoms with E-state index in [1.54, 1.807) is 6.07 Å². The van der Waals surface area contributed by atoms with Crippen LogP contribution in [-0.2, 0) is 6.42 Å². The standard InChI is InChI=1S/C15H17ClN2O2/c16-14-9-13(18(19)20)6-5-12(14)10-15(11-17)7-3-1-2-4-8-15/h5-6,9H,1-4,7-8,10H2. The van der Waals surface area contributed by atoms with Crippen LogP contribution in [0.2, 0.25) is 5.02 Å². The summed E-state index contributed by atoms with van der Waals surface area (Å²) in [4.78, 5) is 10.3. The van der Waals surface area contributed by atoms with Crippen LogP contribution in [0.25, 0.3) is 0 Å². The molecule has 1 fully saturated rings. The highest BCUT2D eigenvalue weighted by atomic mass is 35.5. The minimum Gasteiger partial charge on any atom is -0.258 e. The summed E-state index contributed by atoms with van der Waals surface area (Å²) in [5.74, 6) is 0. The maximum absolute atomic E-state index is 10.7. The molecule has 0 aliphatic heterocycles. The fourth-order valence-electron chi connectivity index (χ4n) is 2.89. The molecule has 0 radical (unpaired) electrons. The Morgan fingerprint density at radius 3 is 2.45 bits per heavy atom. The number of rotatable bonds is 3. The van der Waals surface area contributed by atoms with Gasteiger partial charge in [-0.05, 0) is 24.8 Å². The summed E-state index contributed by atoms with van der Waals surface area (Å²) >= 11 is 6.14. The average molecular weight is 293 g/mol. The van der Waals surface area contributed by atoms with Crippen LogP contribution >= 0.6 is 11.6 Å². The molecule has 20 heavy (non-hydrogen) atoms. The number of nitrogens with zero attached hydrogens (tertiary/aromatic N) is 2. The predicted octanol–water partition coefficient (Wildman–Crippen LogP) is 4.65. The van der Waals surface area contributed by atoms with Gasteiger partial charge in [0.25, 0.3) is 5.69 Å². The van der Waals surface area contributed by atoms with Crippen molar-refractivity contribution in [1.82, 2.24) is 0 Å². The molecule has 0 amide bonds. The molecule has 0 unspecified atom stereocenters. The lowest BCUT2D eigenvalue weighted by atomic mass is 9.77. The lowest BCUT2D eigenvalue weighted by molar-refractivity contribution is -0.384. The average Bonchev–Trinajstić information content (AvgIpc) is 2.67. The van der Waals surface area contributed by atoms with E-state index in [0.29, 0.717) is 11.4 Å². The summed E-state index contributed by atoms with van der Waals surface area (Å²) in [6.45, 7) is 0. The highest BCUT2D eigenvalue weighted by Crippen LogP contribution is 2.39. The number of hydrogen-bond donors (Lipinski definition) is 0. The van der Waals surface area contributed by atoms with Crippen LogP contribution in [0.4, 0.5) is 5.69 Å². The Labute approximate surface area is 123 Å². The number of hydrogen-bond acceptors (Lipinski definition) is 3. The highest BCUT2D eigenvalue weighted by Gasteiger charge is 2.32. The van der Waals surface area contributed by atoms with Crippen LogP contribution < -0.4 is 0 Å². The Morgan fingerprint density at radius 2 is 1.95 bits per heavy atom. The zero-order valence-corrected chi connectivity index (χ0v) is 12.0. The summed E-state index contributed by atoms with van der Waals surface area (Å²) in [6.07, 6.45) is 6.85. The van der Waals surface area contributed by atoms with Crippen LogP contribution in [0, 0.1) is 26.9 Å². The molecule has 1 aliphatic rings. The van der Waals surface area contributed by atoms with Gasteiger partial charge < -0.3 is 0 Å². The Hall–Kier alpha value is -1.60. The molecule has 0 spiro atoms. The molecular formula is C15H17ClN2O2. The molecular weight excluding hydrogens is 276 g/mol. The molecule has 2 rings (SSSR count). The number of halogens is 1. The molecule has 0 saturated heterocycles. The molecule has 106 valence electrons. The van der Waals surface area contributed by atoms with Gasteiger partial charge in [0, 0.05) is 12.1 Å². The largest absolute Gasteiger partial charge is 0.270 e. The van der Waals surface area contributed by atoms with Crippen molar-refractivity contribution in [2.24, 2.45) is 5.41 Å². The van der Waals surface area contributed by atoms with E-state index < -0.39 is 4.92 Å². The van der Waals surface area contributed by atoms with Crippen LogP contribution in [0.3, 0.4) is 0 Å². The van der Waals surface area contributed by atoms with Crippen molar-refractivity contribution in [2.75, 3.05) is 0 Å². The summed E-state index contributed by atoms with van der Waals surface area (Å²) in [5, 5.41) is 20.7. The smallest absolute Gasteiger partial charge is 0.258 e. The molecule has 0 atom stereocenters. The minimum absolute atomic E-state index is 0.00868. The molecule has 1 aromatic rings. The van der Waals surface area contributed by atoms with E-state index in [0.717, 1.165) is 31.2 Å². The minimum atomic E-state index is -0.457. The first-order valence-electron chi connectivity index (χ1n) is 6.90. The zero-order valence-electron chi connectivity index (χ0n) is 11.3. The van der Waals surface area contributed by atoms with Gasteiger partial charge in [-0.2, -0.15) is 5.26 Å². The fourth-order valence-corrected chi connectivity index (χ4v) is 3.13. The molecule has 0 aromatic heterocycles. The van der Waals surface area contributed by atoms with E-state index in [1.165, 1.54) is 25.0 Å². The van der Waals surface area contributed by atoms with E-state index in [-0.39, 0.29) is 11.1 Å². The number of benzene rings is 1. The number of nitriles is 1. The van der Waals surface area contributed by atoms with Gasteiger partial charge in [0.15, 0.2) is 0 Å². The normalized spacial score (nSPS) is 18.0. The summed E-state index contributed by atoms with van der Waals surface area (Å²) in [7, 11) is 0. The highest BCUT2D eigenvalue weighted by molar-refractivity contribution is 6.31. The topological polar surface area (TPSA) is 66.9 Å². The Kier molecular flexibility index (Phi) is 4.61. The quantitative estimate of drug-likeness (QED) is 0.462. The second-order valence-electron chi connectivity index (χ2n) is 5.52. The first-order valence-corrected chi connectivity index (χ1v) is 7.28.